The quantitative estimate of drug-likeness (QED) is 0.0635. The molecule has 0 aliphatic carbocycles. The molecule has 0 spiro atoms. The van der Waals surface area contributed by atoms with Crippen LogP contribution in [0.2, 0.25) is 0 Å². The van der Waals surface area contributed by atoms with E-state index in [1.54, 1.807) is 20.0 Å². The van der Waals surface area contributed by atoms with E-state index < -0.39 is 72.1 Å². The van der Waals surface area contributed by atoms with E-state index in [0.717, 1.165) is 10.9 Å². The van der Waals surface area contributed by atoms with Gasteiger partial charge in [0.1, 0.15) is 23.9 Å². The van der Waals surface area contributed by atoms with E-state index in [1.165, 1.54) is 11.9 Å². The standard InChI is InChI=1S/C30H43N9O7/c1-17(2)30(16-40)15-36-21(9-6-10-33-29(31)32)26(44)35-14-24(41)37-22(12-25(42)43)27(45)38-23(28(46)39(30)3)11-18-13-34-20-8-5-4-7-19(18)20/h4-5,7-8,13,16-17,21-23,34,36H,6,9-12,14-15H2,1-3H3,(H,35,44)(H,37,41)(H,38,45)(H,42,43)(H4,31,32,33). The number of aldehydes is 1. The number of nitrogens with zero attached hydrogens (tertiary/aromatic N) is 2. The molecule has 0 bridgehead atoms. The van der Waals surface area contributed by atoms with Crippen molar-refractivity contribution >= 4 is 52.7 Å². The maximum atomic E-state index is 14.3. The van der Waals surface area contributed by atoms with Gasteiger partial charge in [-0.05, 0) is 30.4 Å². The van der Waals surface area contributed by atoms with Crippen molar-refractivity contribution in [2.24, 2.45) is 22.4 Å². The van der Waals surface area contributed by atoms with Crippen molar-refractivity contribution in [2.75, 3.05) is 26.7 Å². The fourth-order valence-corrected chi connectivity index (χ4v) is 5.43. The van der Waals surface area contributed by atoms with Crippen LogP contribution in [0.1, 0.15) is 38.7 Å². The lowest BCUT2D eigenvalue weighted by Gasteiger charge is -2.43. The smallest absolute Gasteiger partial charge is 0.305 e. The van der Waals surface area contributed by atoms with Crippen LogP contribution in [-0.4, -0.2) is 107 Å². The molecule has 1 fully saturated rings. The highest BCUT2D eigenvalue weighted by Gasteiger charge is 2.44. The zero-order chi connectivity index (χ0) is 34.0. The molecular formula is C30H43N9O7. The van der Waals surface area contributed by atoms with Gasteiger partial charge in [0.2, 0.25) is 23.6 Å². The first-order chi connectivity index (χ1) is 21.8. The molecule has 1 aromatic carbocycles. The van der Waals surface area contributed by atoms with Crippen molar-refractivity contribution in [1.82, 2.24) is 31.2 Å². The predicted octanol–water partition coefficient (Wildman–Crippen LogP) is -1.65. The van der Waals surface area contributed by atoms with Crippen LogP contribution in [0.3, 0.4) is 0 Å². The second-order valence-corrected chi connectivity index (χ2v) is 11.6. The summed E-state index contributed by atoms with van der Waals surface area (Å²) in [5.41, 5.74) is 10.8. The minimum absolute atomic E-state index is 0.0133. The minimum Gasteiger partial charge on any atom is -0.481 e. The van der Waals surface area contributed by atoms with Crippen LogP contribution in [0.25, 0.3) is 10.9 Å². The number of nitrogens with two attached hydrogens (primary N) is 2. The zero-order valence-corrected chi connectivity index (χ0v) is 26.2. The lowest BCUT2D eigenvalue weighted by molar-refractivity contribution is -0.146. The van der Waals surface area contributed by atoms with Crippen LogP contribution in [0.15, 0.2) is 35.5 Å². The molecule has 4 unspecified atom stereocenters. The summed E-state index contributed by atoms with van der Waals surface area (Å²) in [5.74, 6) is -4.90. The average Bonchev–Trinajstić information content (AvgIpc) is 3.41. The first-order valence-electron chi connectivity index (χ1n) is 15.0. The van der Waals surface area contributed by atoms with Crippen LogP contribution in [0.5, 0.6) is 0 Å². The highest BCUT2D eigenvalue weighted by molar-refractivity contribution is 5.96. The largest absolute Gasteiger partial charge is 0.481 e. The number of carboxylic acids is 1. The van der Waals surface area contributed by atoms with E-state index in [-0.39, 0.29) is 31.9 Å². The number of aromatic amines is 1. The second-order valence-electron chi connectivity index (χ2n) is 11.6. The van der Waals surface area contributed by atoms with Gasteiger partial charge < -0.3 is 52.5 Å². The van der Waals surface area contributed by atoms with Crippen molar-refractivity contribution in [2.45, 2.75) is 63.2 Å². The van der Waals surface area contributed by atoms with Gasteiger partial charge in [0.05, 0.1) is 19.0 Å². The van der Waals surface area contributed by atoms with Gasteiger partial charge in [0, 0.05) is 43.7 Å². The highest BCUT2D eigenvalue weighted by Crippen LogP contribution is 2.25. The van der Waals surface area contributed by atoms with Gasteiger partial charge >= 0.3 is 5.97 Å². The maximum absolute atomic E-state index is 14.3. The monoisotopic (exact) mass is 641 g/mol. The molecule has 250 valence electrons. The summed E-state index contributed by atoms with van der Waals surface area (Å²) in [7, 11) is 1.44. The number of aliphatic carboxylic acids is 1. The maximum Gasteiger partial charge on any atom is 0.305 e. The number of H-pyrrole nitrogens is 1. The van der Waals surface area contributed by atoms with E-state index >= 15 is 0 Å². The van der Waals surface area contributed by atoms with Crippen LogP contribution >= 0.6 is 0 Å². The highest BCUT2D eigenvalue weighted by atomic mass is 16.4. The number of amides is 4. The Labute approximate surface area is 266 Å². The predicted molar refractivity (Wildman–Crippen MR) is 169 cm³/mol. The molecule has 16 nitrogen and oxygen atoms in total. The van der Waals surface area contributed by atoms with Crippen molar-refractivity contribution in [3.8, 4) is 0 Å². The number of rotatable bonds is 10. The molecule has 3 rings (SSSR count). The number of nitrogens with one attached hydrogen (secondary N) is 5. The van der Waals surface area contributed by atoms with Crippen molar-refractivity contribution in [1.29, 1.82) is 0 Å². The fraction of sp³-hybridized carbons (Fsp3) is 0.500. The zero-order valence-electron chi connectivity index (χ0n) is 26.2. The third-order valence-electron chi connectivity index (χ3n) is 8.22. The summed E-state index contributed by atoms with van der Waals surface area (Å²) in [5, 5.41) is 20.9. The molecule has 2 aromatic rings. The SMILES string of the molecule is CC(C)C1(C=O)CNC(CCCN=C(N)N)C(=O)NCC(=O)NC(CC(=O)O)C(=O)NC(Cc2c[nH]c3ccccc23)C(=O)N1C. The van der Waals surface area contributed by atoms with Gasteiger partial charge in [-0.25, -0.2) is 0 Å². The van der Waals surface area contributed by atoms with Crippen LogP contribution in [-0.2, 0) is 35.2 Å². The molecule has 0 radical (unpaired) electrons. The van der Waals surface area contributed by atoms with E-state index in [9.17, 15) is 33.9 Å². The molecule has 0 saturated carbocycles. The van der Waals surface area contributed by atoms with Gasteiger partial charge in [-0.3, -0.25) is 29.0 Å². The van der Waals surface area contributed by atoms with E-state index in [2.05, 4.69) is 31.2 Å². The van der Waals surface area contributed by atoms with Gasteiger partial charge in [-0.1, -0.05) is 32.0 Å². The third-order valence-corrected chi connectivity index (χ3v) is 8.22. The number of carboxylic acid groups (broad SMARTS) is 1. The summed E-state index contributed by atoms with van der Waals surface area (Å²) in [6, 6.07) is 3.62. The molecule has 1 aromatic heterocycles. The first kappa shape index (κ1) is 35.5. The fourth-order valence-electron chi connectivity index (χ4n) is 5.43. The van der Waals surface area contributed by atoms with E-state index in [4.69, 9.17) is 11.5 Å². The number of likely N-dealkylation sites (N-methyl/N-ethyl adjacent to an activating group) is 1. The number of hydrogen-bond acceptors (Lipinski definition) is 8. The Kier molecular flexibility index (Phi) is 12.2. The molecular weight excluding hydrogens is 598 g/mol. The van der Waals surface area contributed by atoms with E-state index in [0.29, 0.717) is 18.3 Å². The van der Waals surface area contributed by atoms with Gasteiger partial charge in [-0.2, -0.15) is 0 Å². The number of carbonyl (C=O) groups excluding carboxylic acids is 5. The summed E-state index contributed by atoms with van der Waals surface area (Å²) in [6.45, 7) is 3.02. The molecule has 1 aliphatic rings. The molecule has 16 heteroatoms. The molecule has 10 N–H and O–H groups in total. The van der Waals surface area contributed by atoms with E-state index in [1.807, 2.05) is 24.3 Å². The molecule has 1 saturated heterocycles. The van der Waals surface area contributed by atoms with Gasteiger partial charge in [-0.15, -0.1) is 0 Å². The first-order valence-corrected chi connectivity index (χ1v) is 15.0. The molecule has 4 atom stereocenters. The number of para-hydroxylation sites is 1. The van der Waals surface area contributed by atoms with Gasteiger partial charge in [0.25, 0.3) is 0 Å². The lowest BCUT2D eigenvalue weighted by atomic mass is 9.84. The Morgan fingerprint density at radius 3 is 2.48 bits per heavy atom. The number of aliphatic imine (C=N–C) groups is 1. The minimum atomic E-state index is -1.56. The average molecular weight is 642 g/mol. The molecule has 46 heavy (non-hydrogen) atoms. The Morgan fingerprint density at radius 2 is 1.83 bits per heavy atom. The second kappa shape index (κ2) is 15.8. The normalized spacial score (nSPS) is 23.6. The molecule has 2 heterocycles. The van der Waals surface area contributed by atoms with Crippen molar-refractivity contribution < 1.29 is 33.9 Å². The van der Waals surface area contributed by atoms with Crippen LogP contribution in [0.4, 0.5) is 0 Å². The Bertz CT molecular complexity index is 1470. The molecule has 4 amide bonds. The van der Waals surface area contributed by atoms with Gasteiger partial charge in [0.15, 0.2) is 5.96 Å². The summed E-state index contributed by atoms with van der Waals surface area (Å²) in [4.78, 5) is 86.6. The number of guanidine groups is 1. The number of carbonyl (C=O) groups is 6. The number of aromatic nitrogens is 1. The van der Waals surface area contributed by atoms with Crippen LogP contribution in [0, 0.1) is 5.92 Å². The Hall–Kier alpha value is -4.99. The lowest BCUT2D eigenvalue weighted by Crippen LogP contribution is -2.65. The number of fused-ring (bicyclic) bond motifs is 1. The van der Waals surface area contributed by atoms with Crippen LogP contribution < -0.4 is 32.7 Å². The Balaban J connectivity index is 2.06. The summed E-state index contributed by atoms with van der Waals surface area (Å²) >= 11 is 0. The number of hydrogen-bond donors (Lipinski definition) is 8. The number of benzene rings is 1. The molecule has 1 aliphatic heterocycles. The Morgan fingerprint density at radius 1 is 1.11 bits per heavy atom. The summed E-state index contributed by atoms with van der Waals surface area (Å²) < 4.78 is 0. The van der Waals surface area contributed by atoms with Crippen molar-refractivity contribution in [3.63, 3.8) is 0 Å². The van der Waals surface area contributed by atoms with Crippen molar-refractivity contribution in [3.05, 3.63) is 36.0 Å². The summed E-state index contributed by atoms with van der Waals surface area (Å²) in [6.07, 6.45) is 2.12. The topological polar surface area (TPSA) is 254 Å². The third kappa shape index (κ3) is 8.80.